The predicted molar refractivity (Wildman–Crippen MR) is 73.0 cm³/mol. The van der Waals surface area contributed by atoms with E-state index < -0.39 is 10.0 Å². The monoisotopic (exact) mass is 292 g/mol. The number of likely N-dealkylation sites (N-methyl/N-ethyl adjacent to an activating group) is 1. The molecule has 0 unspecified atom stereocenters. The summed E-state index contributed by atoms with van der Waals surface area (Å²) in [4.78, 5) is 13.2. The van der Waals surface area contributed by atoms with Crippen LogP contribution >= 0.6 is 0 Å². The van der Waals surface area contributed by atoms with Crippen molar-refractivity contribution in [1.82, 2.24) is 10.2 Å². The Morgan fingerprint density at radius 2 is 2.20 bits per heavy atom. The summed E-state index contributed by atoms with van der Waals surface area (Å²) < 4.78 is 26.8. The first-order valence-electron chi connectivity index (χ1n) is 5.88. The molecular formula is C12H12N4O3S. The van der Waals surface area contributed by atoms with Gasteiger partial charge in [0, 0.05) is 18.9 Å². The lowest BCUT2D eigenvalue weighted by molar-refractivity contribution is -0.117. The Kier molecular flexibility index (Phi) is 2.75. The van der Waals surface area contributed by atoms with Gasteiger partial charge in [-0.3, -0.25) is 14.6 Å². The Labute approximate surface area is 115 Å². The fourth-order valence-electron chi connectivity index (χ4n) is 2.13. The molecule has 0 saturated carbocycles. The highest BCUT2D eigenvalue weighted by Gasteiger charge is 2.26. The number of carbonyl (C=O) groups excluding carboxylic acids is 1. The van der Waals surface area contributed by atoms with Gasteiger partial charge in [-0.25, -0.2) is 8.42 Å². The lowest BCUT2D eigenvalue weighted by Gasteiger charge is -2.11. The lowest BCUT2D eigenvalue weighted by atomic mass is 10.2. The standard InChI is InChI=1S/C12H12N4O3S/c1-16-11-3-2-10(4-8(11)5-12(16)17)20(18,19)15-9-6-13-14-7-9/h2-4,6-7,15H,5H2,1H3,(H,13,14). The van der Waals surface area contributed by atoms with Crippen LogP contribution in [0.4, 0.5) is 11.4 Å². The Morgan fingerprint density at radius 3 is 2.90 bits per heavy atom. The van der Waals surface area contributed by atoms with Crippen molar-refractivity contribution in [1.29, 1.82) is 0 Å². The van der Waals surface area contributed by atoms with Crippen LogP contribution in [0.15, 0.2) is 35.5 Å². The minimum absolute atomic E-state index is 0.0441. The van der Waals surface area contributed by atoms with E-state index in [4.69, 9.17) is 0 Å². The topological polar surface area (TPSA) is 95.2 Å². The number of benzene rings is 1. The largest absolute Gasteiger partial charge is 0.315 e. The van der Waals surface area contributed by atoms with Crippen LogP contribution in [0.25, 0.3) is 0 Å². The molecule has 2 N–H and O–H groups in total. The first-order chi connectivity index (χ1) is 9.47. The Hall–Kier alpha value is -2.35. The van der Waals surface area contributed by atoms with Crippen molar-refractivity contribution in [3.63, 3.8) is 0 Å². The molecule has 0 atom stereocenters. The van der Waals surface area contributed by atoms with Gasteiger partial charge in [0.05, 0.1) is 23.2 Å². The lowest BCUT2D eigenvalue weighted by Crippen LogP contribution is -2.20. The highest BCUT2D eigenvalue weighted by atomic mass is 32.2. The van der Waals surface area contributed by atoms with Crippen molar-refractivity contribution in [2.45, 2.75) is 11.3 Å². The second kappa shape index (κ2) is 4.34. The van der Waals surface area contributed by atoms with Crippen LogP contribution in [0.3, 0.4) is 0 Å². The molecule has 1 aromatic heterocycles. The Balaban J connectivity index is 1.96. The molecule has 1 aromatic carbocycles. The highest BCUT2D eigenvalue weighted by molar-refractivity contribution is 7.92. The van der Waals surface area contributed by atoms with Gasteiger partial charge in [-0.15, -0.1) is 0 Å². The number of amides is 1. The number of nitrogens with one attached hydrogen (secondary N) is 2. The van der Waals surface area contributed by atoms with E-state index in [2.05, 4.69) is 14.9 Å². The zero-order valence-electron chi connectivity index (χ0n) is 10.6. The van der Waals surface area contributed by atoms with Gasteiger partial charge in [-0.2, -0.15) is 5.10 Å². The van der Waals surface area contributed by atoms with Crippen LogP contribution in [0, 0.1) is 0 Å². The molecule has 1 aliphatic heterocycles. The summed E-state index contributed by atoms with van der Waals surface area (Å²) in [6.07, 6.45) is 3.05. The molecule has 1 amide bonds. The number of H-pyrrole nitrogens is 1. The molecule has 7 nitrogen and oxygen atoms in total. The van der Waals surface area contributed by atoms with Crippen molar-refractivity contribution < 1.29 is 13.2 Å². The second-order valence-corrected chi connectivity index (χ2v) is 6.19. The van der Waals surface area contributed by atoms with E-state index in [0.29, 0.717) is 11.3 Å². The van der Waals surface area contributed by atoms with E-state index in [1.54, 1.807) is 13.1 Å². The summed E-state index contributed by atoms with van der Waals surface area (Å²) in [5.74, 6) is -0.0441. The molecule has 0 fully saturated rings. The summed E-state index contributed by atoms with van der Waals surface area (Å²) in [5, 5.41) is 6.20. The van der Waals surface area contributed by atoms with Crippen LogP contribution in [0.2, 0.25) is 0 Å². The summed E-state index contributed by atoms with van der Waals surface area (Å²) in [6.45, 7) is 0. The molecule has 0 saturated heterocycles. The number of carbonyl (C=O) groups is 1. The fourth-order valence-corrected chi connectivity index (χ4v) is 3.22. The summed E-state index contributed by atoms with van der Waals surface area (Å²) >= 11 is 0. The number of nitrogens with zero attached hydrogens (tertiary/aromatic N) is 2. The molecule has 0 aliphatic carbocycles. The Bertz CT molecular complexity index is 768. The van der Waals surface area contributed by atoms with E-state index in [0.717, 1.165) is 5.69 Å². The van der Waals surface area contributed by atoms with E-state index in [1.165, 1.54) is 29.4 Å². The first-order valence-corrected chi connectivity index (χ1v) is 7.37. The molecule has 2 heterocycles. The van der Waals surface area contributed by atoms with E-state index in [-0.39, 0.29) is 17.2 Å². The van der Waals surface area contributed by atoms with Gasteiger partial charge in [0.2, 0.25) is 5.91 Å². The number of sulfonamides is 1. The van der Waals surface area contributed by atoms with Crippen LogP contribution in [-0.4, -0.2) is 31.6 Å². The van der Waals surface area contributed by atoms with Gasteiger partial charge >= 0.3 is 0 Å². The number of hydrogen-bond acceptors (Lipinski definition) is 4. The smallest absolute Gasteiger partial charge is 0.262 e. The molecule has 20 heavy (non-hydrogen) atoms. The maximum absolute atomic E-state index is 12.2. The third-order valence-corrected chi connectivity index (χ3v) is 4.57. The first kappa shape index (κ1) is 12.7. The highest BCUT2D eigenvalue weighted by Crippen LogP contribution is 2.30. The number of fused-ring (bicyclic) bond motifs is 1. The predicted octanol–water partition coefficient (Wildman–Crippen LogP) is 0.729. The van der Waals surface area contributed by atoms with Crippen LogP contribution in [0.1, 0.15) is 5.56 Å². The number of aromatic nitrogens is 2. The van der Waals surface area contributed by atoms with Gasteiger partial charge in [0.1, 0.15) is 0 Å². The van der Waals surface area contributed by atoms with Gasteiger partial charge < -0.3 is 4.90 Å². The molecular weight excluding hydrogens is 280 g/mol. The molecule has 0 bridgehead atoms. The van der Waals surface area contributed by atoms with Crippen LogP contribution in [0.5, 0.6) is 0 Å². The number of aromatic amines is 1. The molecule has 0 spiro atoms. The molecule has 3 rings (SSSR count). The number of rotatable bonds is 3. The van der Waals surface area contributed by atoms with E-state index in [1.807, 2.05) is 0 Å². The van der Waals surface area contributed by atoms with Crippen molar-refractivity contribution >= 4 is 27.3 Å². The van der Waals surface area contributed by atoms with Gasteiger partial charge in [0.15, 0.2) is 0 Å². The maximum Gasteiger partial charge on any atom is 0.262 e. The summed E-state index contributed by atoms with van der Waals surface area (Å²) in [5.41, 5.74) is 1.82. The molecule has 0 radical (unpaired) electrons. The quantitative estimate of drug-likeness (QED) is 0.871. The normalized spacial score (nSPS) is 14.4. The van der Waals surface area contributed by atoms with Gasteiger partial charge in [-0.05, 0) is 23.8 Å². The molecule has 104 valence electrons. The van der Waals surface area contributed by atoms with Crippen LogP contribution < -0.4 is 9.62 Å². The van der Waals surface area contributed by atoms with E-state index in [9.17, 15) is 13.2 Å². The average molecular weight is 292 g/mol. The molecule has 2 aromatic rings. The third kappa shape index (κ3) is 2.03. The minimum atomic E-state index is -3.68. The molecule has 1 aliphatic rings. The average Bonchev–Trinajstić information content (AvgIpc) is 2.98. The Morgan fingerprint density at radius 1 is 1.40 bits per heavy atom. The third-order valence-electron chi connectivity index (χ3n) is 3.19. The number of hydrogen-bond donors (Lipinski definition) is 2. The zero-order chi connectivity index (χ0) is 14.3. The van der Waals surface area contributed by atoms with E-state index >= 15 is 0 Å². The second-order valence-electron chi connectivity index (χ2n) is 4.51. The summed E-state index contributed by atoms with van der Waals surface area (Å²) in [6, 6.07) is 4.65. The number of anilines is 2. The minimum Gasteiger partial charge on any atom is -0.315 e. The zero-order valence-corrected chi connectivity index (χ0v) is 11.4. The molecule has 8 heteroatoms. The van der Waals surface area contributed by atoms with Crippen LogP contribution in [-0.2, 0) is 21.2 Å². The van der Waals surface area contributed by atoms with Gasteiger partial charge in [-0.1, -0.05) is 0 Å². The van der Waals surface area contributed by atoms with Crippen molar-refractivity contribution in [2.24, 2.45) is 0 Å². The SMILES string of the molecule is CN1C(=O)Cc2cc(S(=O)(=O)Nc3cn[nH]c3)ccc21. The maximum atomic E-state index is 12.2. The van der Waals surface area contributed by atoms with Crippen molar-refractivity contribution in [3.05, 3.63) is 36.2 Å². The van der Waals surface area contributed by atoms with Crippen molar-refractivity contribution in [3.8, 4) is 0 Å². The van der Waals surface area contributed by atoms with Crippen molar-refractivity contribution in [2.75, 3.05) is 16.7 Å². The fraction of sp³-hybridized carbons (Fsp3) is 0.167. The summed E-state index contributed by atoms with van der Waals surface area (Å²) in [7, 11) is -2.01. The van der Waals surface area contributed by atoms with Gasteiger partial charge in [0.25, 0.3) is 10.0 Å².